The molecule has 5 nitrogen and oxygen atoms in total. The summed E-state index contributed by atoms with van der Waals surface area (Å²) in [5.74, 6) is 1.19. The van der Waals surface area contributed by atoms with Crippen LogP contribution >= 0.6 is 11.3 Å². The molecule has 0 aliphatic heterocycles. The van der Waals surface area contributed by atoms with Crippen molar-refractivity contribution >= 4 is 17.2 Å². The summed E-state index contributed by atoms with van der Waals surface area (Å²) in [4.78, 5) is 14.0. The van der Waals surface area contributed by atoms with Crippen LogP contribution in [-0.4, -0.2) is 27.2 Å². The monoisotopic (exact) mass is 363 g/mol. The van der Waals surface area contributed by atoms with Crippen LogP contribution in [0.2, 0.25) is 0 Å². The number of benzene rings is 1. The van der Waals surface area contributed by atoms with Gasteiger partial charge in [0.1, 0.15) is 0 Å². The Balaban J connectivity index is 2.36. The van der Waals surface area contributed by atoms with Crippen LogP contribution in [0.25, 0.3) is 0 Å². The number of thiophene rings is 1. The molecular weight excluding hydrogens is 338 g/mol. The van der Waals surface area contributed by atoms with E-state index in [2.05, 4.69) is 26.1 Å². The molecule has 2 aromatic rings. The number of nitrogens with one attached hydrogen (secondary N) is 1. The van der Waals surface area contributed by atoms with E-state index in [1.807, 2.05) is 17.5 Å². The Labute approximate surface area is 152 Å². The van der Waals surface area contributed by atoms with Gasteiger partial charge in [0.15, 0.2) is 11.5 Å². The molecule has 1 heterocycles. The number of carbonyl (C=O) groups is 1. The molecule has 2 rings (SSSR count). The van der Waals surface area contributed by atoms with Gasteiger partial charge in [0.05, 0.1) is 27.4 Å². The SMILES string of the molecule is COc1cc(C(=O)NC(c2cccs2)C(C)(C)C)cc(OC)c1OC. The molecule has 1 unspecified atom stereocenters. The molecule has 1 aromatic heterocycles. The van der Waals surface area contributed by atoms with Gasteiger partial charge in [-0.05, 0) is 29.0 Å². The van der Waals surface area contributed by atoms with Gasteiger partial charge in [-0.25, -0.2) is 0 Å². The number of ether oxygens (including phenoxy) is 3. The quantitative estimate of drug-likeness (QED) is 0.832. The first-order valence-corrected chi connectivity index (χ1v) is 8.84. The fourth-order valence-corrected chi connectivity index (χ4v) is 3.62. The van der Waals surface area contributed by atoms with E-state index in [4.69, 9.17) is 14.2 Å². The maximum atomic E-state index is 12.9. The first-order chi connectivity index (χ1) is 11.8. The van der Waals surface area contributed by atoms with Gasteiger partial charge >= 0.3 is 0 Å². The number of hydrogen-bond donors (Lipinski definition) is 1. The topological polar surface area (TPSA) is 56.8 Å². The fraction of sp³-hybridized carbons (Fsp3) is 0.421. The molecule has 0 aliphatic carbocycles. The van der Waals surface area contributed by atoms with Crippen LogP contribution < -0.4 is 19.5 Å². The zero-order valence-corrected chi connectivity index (χ0v) is 16.3. The van der Waals surface area contributed by atoms with E-state index in [1.165, 1.54) is 21.3 Å². The lowest BCUT2D eigenvalue weighted by Gasteiger charge is -2.31. The highest BCUT2D eigenvalue weighted by Gasteiger charge is 2.29. The Bertz CT molecular complexity index is 695. The summed E-state index contributed by atoms with van der Waals surface area (Å²) in [6.45, 7) is 6.31. The van der Waals surface area contributed by atoms with Crippen molar-refractivity contribution in [1.29, 1.82) is 0 Å². The van der Waals surface area contributed by atoms with Crippen LogP contribution in [0, 0.1) is 5.41 Å². The Morgan fingerprint density at radius 1 is 1.08 bits per heavy atom. The third-order valence-corrected chi connectivity index (χ3v) is 4.83. The summed E-state index contributed by atoms with van der Waals surface area (Å²) in [5, 5.41) is 5.15. The van der Waals surface area contributed by atoms with Crippen molar-refractivity contribution in [3.05, 3.63) is 40.1 Å². The molecule has 1 aromatic carbocycles. The maximum Gasteiger partial charge on any atom is 0.252 e. The second-order valence-corrected chi connectivity index (χ2v) is 7.68. The molecule has 0 aliphatic rings. The summed E-state index contributed by atoms with van der Waals surface area (Å²) in [6, 6.07) is 7.25. The van der Waals surface area contributed by atoms with E-state index in [9.17, 15) is 4.79 Å². The van der Waals surface area contributed by atoms with Gasteiger partial charge in [-0.3, -0.25) is 4.79 Å². The van der Waals surface area contributed by atoms with Crippen molar-refractivity contribution < 1.29 is 19.0 Å². The summed E-state index contributed by atoms with van der Waals surface area (Å²) >= 11 is 1.63. The molecular formula is C19H25NO4S. The fourth-order valence-electron chi connectivity index (χ4n) is 2.60. The number of amides is 1. The van der Waals surface area contributed by atoms with Crippen LogP contribution in [-0.2, 0) is 0 Å². The first kappa shape index (κ1) is 19.1. The van der Waals surface area contributed by atoms with Gasteiger partial charge in [-0.15, -0.1) is 11.3 Å². The average molecular weight is 363 g/mol. The van der Waals surface area contributed by atoms with E-state index in [0.29, 0.717) is 22.8 Å². The normalized spacial score (nSPS) is 12.4. The van der Waals surface area contributed by atoms with E-state index in [0.717, 1.165) is 4.88 Å². The molecule has 1 N–H and O–H groups in total. The lowest BCUT2D eigenvalue weighted by Crippen LogP contribution is -2.36. The number of carbonyl (C=O) groups excluding carboxylic acids is 1. The van der Waals surface area contributed by atoms with Crippen LogP contribution in [0.15, 0.2) is 29.6 Å². The van der Waals surface area contributed by atoms with Crippen LogP contribution in [0.4, 0.5) is 0 Å². The Morgan fingerprint density at radius 2 is 1.68 bits per heavy atom. The van der Waals surface area contributed by atoms with E-state index >= 15 is 0 Å². The van der Waals surface area contributed by atoms with Crippen molar-refractivity contribution in [3.63, 3.8) is 0 Å². The number of methoxy groups -OCH3 is 3. The van der Waals surface area contributed by atoms with Gasteiger partial charge in [0.2, 0.25) is 5.75 Å². The second-order valence-electron chi connectivity index (χ2n) is 6.70. The molecule has 0 saturated heterocycles. The van der Waals surface area contributed by atoms with Gasteiger partial charge in [-0.2, -0.15) is 0 Å². The standard InChI is InChI=1S/C19H25NO4S/c1-19(2,3)17(15-8-7-9-25-15)20-18(21)12-10-13(22-4)16(24-6)14(11-12)23-5/h7-11,17H,1-6H3,(H,20,21). The predicted octanol–water partition coefficient (Wildman–Crippen LogP) is 4.29. The number of rotatable bonds is 6. The third-order valence-electron chi connectivity index (χ3n) is 3.90. The highest BCUT2D eigenvalue weighted by molar-refractivity contribution is 7.10. The van der Waals surface area contributed by atoms with Gasteiger partial charge < -0.3 is 19.5 Å². The summed E-state index contributed by atoms with van der Waals surface area (Å²) in [5.41, 5.74) is 0.335. The molecule has 25 heavy (non-hydrogen) atoms. The van der Waals surface area contributed by atoms with E-state index in [1.54, 1.807) is 23.5 Å². The molecule has 6 heteroatoms. The van der Waals surface area contributed by atoms with Crippen LogP contribution in [0.3, 0.4) is 0 Å². The van der Waals surface area contributed by atoms with Crippen molar-refractivity contribution in [3.8, 4) is 17.2 Å². The highest BCUT2D eigenvalue weighted by atomic mass is 32.1. The molecule has 0 radical (unpaired) electrons. The Morgan fingerprint density at radius 3 is 2.08 bits per heavy atom. The van der Waals surface area contributed by atoms with Crippen molar-refractivity contribution in [2.24, 2.45) is 5.41 Å². The summed E-state index contributed by atoms with van der Waals surface area (Å²) < 4.78 is 16.0. The molecule has 0 bridgehead atoms. The van der Waals surface area contributed by atoms with Crippen LogP contribution in [0.5, 0.6) is 17.2 Å². The lowest BCUT2D eigenvalue weighted by molar-refractivity contribution is 0.0902. The Kier molecular flexibility index (Phi) is 5.95. The molecule has 0 spiro atoms. The molecule has 0 fully saturated rings. The maximum absolute atomic E-state index is 12.9. The Hall–Kier alpha value is -2.21. The molecule has 1 atom stereocenters. The molecule has 136 valence electrons. The minimum Gasteiger partial charge on any atom is -0.493 e. The molecule has 0 saturated carbocycles. The van der Waals surface area contributed by atoms with Crippen LogP contribution in [0.1, 0.15) is 42.0 Å². The van der Waals surface area contributed by atoms with Crippen molar-refractivity contribution in [1.82, 2.24) is 5.32 Å². The zero-order chi connectivity index (χ0) is 18.6. The van der Waals surface area contributed by atoms with Gasteiger partial charge in [0, 0.05) is 10.4 Å². The number of hydrogen-bond acceptors (Lipinski definition) is 5. The van der Waals surface area contributed by atoms with E-state index in [-0.39, 0.29) is 17.4 Å². The smallest absolute Gasteiger partial charge is 0.252 e. The lowest BCUT2D eigenvalue weighted by atomic mass is 9.85. The van der Waals surface area contributed by atoms with E-state index < -0.39 is 0 Å². The zero-order valence-electron chi connectivity index (χ0n) is 15.5. The minimum absolute atomic E-state index is 0.0981. The third kappa shape index (κ3) is 4.25. The highest BCUT2D eigenvalue weighted by Crippen LogP contribution is 2.39. The predicted molar refractivity (Wildman–Crippen MR) is 100 cm³/mol. The van der Waals surface area contributed by atoms with Gasteiger partial charge in [-0.1, -0.05) is 26.8 Å². The largest absolute Gasteiger partial charge is 0.493 e. The summed E-state index contributed by atoms with van der Waals surface area (Å²) in [7, 11) is 4.59. The second kappa shape index (κ2) is 7.78. The van der Waals surface area contributed by atoms with Gasteiger partial charge in [0.25, 0.3) is 5.91 Å². The average Bonchev–Trinajstić information content (AvgIpc) is 3.10. The minimum atomic E-state index is -0.187. The first-order valence-electron chi connectivity index (χ1n) is 7.96. The van der Waals surface area contributed by atoms with Crippen molar-refractivity contribution in [2.75, 3.05) is 21.3 Å². The molecule has 1 amide bonds. The summed E-state index contributed by atoms with van der Waals surface area (Å²) in [6.07, 6.45) is 0. The van der Waals surface area contributed by atoms with Crippen molar-refractivity contribution in [2.45, 2.75) is 26.8 Å².